The standard InChI is InChI=1S/C15H27N5/c1-5-7-13-17-14(16-4)10-15(18-13)19-20-11(2)8-6-9-12(20)3/h10-12H,5-9H2,1-4H3,(H2,16,17,18,19). The summed E-state index contributed by atoms with van der Waals surface area (Å²) < 4.78 is 0. The molecule has 0 bridgehead atoms. The molecule has 2 rings (SSSR count). The number of aromatic nitrogens is 2. The van der Waals surface area contributed by atoms with Crippen LogP contribution < -0.4 is 10.7 Å². The van der Waals surface area contributed by atoms with Crippen molar-refractivity contribution in [1.29, 1.82) is 0 Å². The van der Waals surface area contributed by atoms with Crippen LogP contribution in [0.4, 0.5) is 11.6 Å². The Morgan fingerprint density at radius 3 is 2.45 bits per heavy atom. The summed E-state index contributed by atoms with van der Waals surface area (Å²) in [5, 5.41) is 5.45. The fourth-order valence-electron chi connectivity index (χ4n) is 2.79. The van der Waals surface area contributed by atoms with Crippen molar-refractivity contribution in [3.8, 4) is 0 Å². The Labute approximate surface area is 122 Å². The monoisotopic (exact) mass is 277 g/mol. The second kappa shape index (κ2) is 6.88. The van der Waals surface area contributed by atoms with Crippen LogP contribution in [-0.2, 0) is 6.42 Å². The lowest BCUT2D eigenvalue weighted by Crippen LogP contribution is -2.47. The van der Waals surface area contributed by atoms with E-state index < -0.39 is 0 Å². The van der Waals surface area contributed by atoms with Gasteiger partial charge in [-0.25, -0.2) is 15.0 Å². The molecule has 0 radical (unpaired) electrons. The second-order valence-corrected chi connectivity index (χ2v) is 5.70. The van der Waals surface area contributed by atoms with E-state index in [2.05, 4.69) is 46.5 Å². The molecule has 1 aromatic heterocycles. The van der Waals surface area contributed by atoms with Gasteiger partial charge in [-0.2, -0.15) is 0 Å². The number of hydrazine groups is 1. The zero-order chi connectivity index (χ0) is 14.5. The molecule has 0 amide bonds. The van der Waals surface area contributed by atoms with Crippen molar-refractivity contribution in [2.24, 2.45) is 0 Å². The largest absolute Gasteiger partial charge is 0.373 e. The maximum absolute atomic E-state index is 4.63. The number of nitrogens with one attached hydrogen (secondary N) is 2. The number of rotatable bonds is 5. The highest BCUT2D eigenvalue weighted by Gasteiger charge is 2.25. The van der Waals surface area contributed by atoms with Crippen molar-refractivity contribution >= 4 is 11.6 Å². The molecule has 0 spiro atoms. The van der Waals surface area contributed by atoms with E-state index in [0.717, 1.165) is 30.3 Å². The Balaban J connectivity index is 2.16. The molecule has 1 aliphatic heterocycles. The molecule has 112 valence electrons. The van der Waals surface area contributed by atoms with Crippen LogP contribution in [0.1, 0.15) is 52.3 Å². The van der Waals surface area contributed by atoms with E-state index in [0.29, 0.717) is 12.1 Å². The van der Waals surface area contributed by atoms with Gasteiger partial charge in [0.1, 0.15) is 17.5 Å². The van der Waals surface area contributed by atoms with Gasteiger partial charge in [0.05, 0.1) is 0 Å². The molecule has 2 N–H and O–H groups in total. The average Bonchev–Trinajstić information content (AvgIpc) is 2.43. The number of hydrogen-bond donors (Lipinski definition) is 2. The number of anilines is 2. The van der Waals surface area contributed by atoms with Crippen molar-refractivity contribution < 1.29 is 0 Å². The summed E-state index contributed by atoms with van der Waals surface area (Å²) in [6.07, 6.45) is 5.76. The summed E-state index contributed by atoms with van der Waals surface area (Å²) in [5.41, 5.74) is 3.50. The molecule has 1 saturated heterocycles. The summed E-state index contributed by atoms with van der Waals surface area (Å²) in [4.78, 5) is 9.12. The molecule has 2 atom stereocenters. The fourth-order valence-corrected chi connectivity index (χ4v) is 2.79. The summed E-state index contributed by atoms with van der Waals surface area (Å²) in [6, 6.07) is 3.07. The van der Waals surface area contributed by atoms with Gasteiger partial charge >= 0.3 is 0 Å². The molecule has 1 aromatic rings. The molecule has 20 heavy (non-hydrogen) atoms. The number of aryl methyl sites for hydroxylation is 1. The lowest BCUT2D eigenvalue weighted by atomic mass is 10.00. The zero-order valence-corrected chi connectivity index (χ0v) is 13.1. The molecule has 5 nitrogen and oxygen atoms in total. The minimum absolute atomic E-state index is 0.543. The van der Waals surface area contributed by atoms with Crippen molar-refractivity contribution in [2.45, 2.75) is 65.0 Å². The van der Waals surface area contributed by atoms with Crippen LogP contribution in [0, 0.1) is 0 Å². The van der Waals surface area contributed by atoms with Crippen LogP contribution in [0.2, 0.25) is 0 Å². The van der Waals surface area contributed by atoms with Crippen molar-refractivity contribution in [2.75, 3.05) is 17.8 Å². The summed E-state index contributed by atoms with van der Waals surface area (Å²) in [6.45, 7) is 6.70. The van der Waals surface area contributed by atoms with Gasteiger partial charge in [-0.1, -0.05) is 13.3 Å². The molecule has 1 fully saturated rings. The second-order valence-electron chi connectivity index (χ2n) is 5.70. The Kier molecular flexibility index (Phi) is 5.17. The van der Waals surface area contributed by atoms with E-state index in [9.17, 15) is 0 Å². The molecule has 0 saturated carbocycles. The summed E-state index contributed by atoms with van der Waals surface area (Å²) in [7, 11) is 1.90. The Bertz CT molecular complexity index is 424. The van der Waals surface area contributed by atoms with Gasteiger partial charge in [0.2, 0.25) is 0 Å². The number of piperidine rings is 1. The molecule has 0 aromatic carbocycles. The molecule has 5 heteroatoms. The molecule has 1 aliphatic rings. The van der Waals surface area contributed by atoms with Crippen molar-refractivity contribution in [3.63, 3.8) is 0 Å². The van der Waals surface area contributed by atoms with Crippen molar-refractivity contribution in [1.82, 2.24) is 15.0 Å². The predicted octanol–water partition coefficient (Wildman–Crippen LogP) is 3.06. The minimum atomic E-state index is 0.543. The van der Waals surface area contributed by atoms with Crippen LogP contribution >= 0.6 is 0 Å². The third-order valence-electron chi connectivity index (χ3n) is 3.94. The van der Waals surface area contributed by atoms with Gasteiger partial charge in [0.15, 0.2) is 0 Å². The van der Waals surface area contributed by atoms with Crippen LogP contribution in [0.5, 0.6) is 0 Å². The van der Waals surface area contributed by atoms with Gasteiger partial charge in [-0.3, -0.25) is 0 Å². The molecule has 2 unspecified atom stereocenters. The average molecular weight is 277 g/mol. The Morgan fingerprint density at radius 1 is 1.20 bits per heavy atom. The van der Waals surface area contributed by atoms with Gasteiger partial charge in [0, 0.05) is 31.6 Å². The van der Waals surface area contributed by atoms with Crippen molar-refractivity contribution in [3.05, 3.63) is 11.9 Å². The number of hydrogen-bond acceptors (Lipinski definition) is 5. The number of nitrogens with zero attached hydrogens (tertiary/aromatic N) is 3. The molecular formula is C15H27N5. The topological polar surface area (TPSA) is 53.1 Å². The third-order valence-corrected chi connectivity index (χ3v) is 3.94. The first kappa shape index (κ1) is 15.0. The first-order chi connectivity index (χ1) is 9.63. The first-order valence-electron chi connectivity index (χ1n) is 7.74. The van der Waals surface area contributed by atoms with Crippen LogP contribution in [-0.4, -0.2) is 34.1 Å². The fraction of sp³-hybridized carbons (Fsp3) is 0.733. The highest BCUT2D eigenvalue weighted by atomic mass is 15.5. The first-order valence-corrected chi connectivity index (χ1v) is 7.74. The van der Waals surface area contributed by atoms with Gasteiger partial charge in [-0.05, 0) is 33.1 Å². The van der Waals surface area contributed by atoms with Crippen LogP contribution in [0.15, 0.2) is 6.07 Å². The highest BCUT2D eigenvalue weighted by molar-refractivity contribution is 5.46. The lowest BCUT2D eigenvalue weighted by molar-refractivity contribution is 0.135. The molecular weight excluding hydrogens is 250 g/mol. The van der Waals surface area contributed by atoms with E-state index in [1.165, 1.54) is 19.3 Å². The van der Waals surface area contributed by atoms with E-state index >= 15 is 0 Å². The summed E-state index contributed by atoms with van der Waals surface area (Å²) in [5.74, 6) is 2.68. The van der Waals surface area contributed by atoms with Crippen LogP contribution in [0.25, 0.3) is 0 Å². The van der Waals surface area contributed by atoms with Gasteiger partial charge in [-0.15, -0.1) is 0 Å². The normalized spacial score (nSPS) is 23.6. The predicted molar refractivity (Wildman–Crippen MR) is 83.8 cm³/mol. The maximum Gasteiger partial charge on any atom is 0.146 e. The van der Waals surface area contributed by atoms with E-state index in [1.54, 1.807) is 0 Å². The highest BCUT2D eigenvalue weighted by Crippen LogP contribution is 2.23. The van der Waals surface area contributed by atoms with Gasteiger partial charge < -0.3 is 10.7 Å². The lowest BCUT2D eigenvalue weighted by Gasteiger charge is -2.39. The molecule has 0 aliphatic carbocycles. The maximum atomic E-state index is 4.63. The van der Waals surface area contributed by atoms with Gasteiger partial charge in [0.25, 0.3) is 0 Å². The summed E-state index contributed by atoms with van der Waals surface area (Å²) >= 11 is 0. The minimum Gasteiger partial charge on any atom is -0.373 e. The Hall–Kier alpha value is -1.36. The Morgan fingerprint density at radius 2 is 1.85 bits per heavy atom. The van der Waals surface area contributed by atoms with E-state index in [1.807, 2.05) is 13.1 Å². The SMILES string of the molecule is CCCc1nc(NC)cc(NN2C(C)CCCC2C)n1. The van der Waals surface area contributed by atoms with Crippen LogP contribution in [0.3, 0.4) is 0 Å². The smallest absolute Gasteiger partial charge is 0.146 e. The third kappa shape index (κ3) is 3.60. The van der Waals surface area contributed by atoms with E-state index in [4.69, 9.17) is 0 Å². The quantitative estimate of drug-likeness (QED) is 0.866. The van der Waals surface area contributed by atoms with E-state index in [-0.39, 0.29) is 0 Å². The molecule has 2 heterocycles. The zero-order valence-electron chi connectivity index (χ0n) is 13.1.